The molecule has 7 heteroatoms. The molecule has 3 N–H and O–H groups in total. The summed E-state index contributed by atoms with van der Waals surface area (Å²) in [5.74, 6) is -0.297. The van der Waals surface area contributed by atoms with E-state index in [9.17, 15) is 13.2 Å². The van der Waals surface area contributed by atoms with Gasteiger partial charge in [-0.1, -0.05) is 30.3 Å². The van der Waals surface area contributed by atoms with Gasteiger partial charge in [-0.05, 0) is 30.7 Å². The molecule has 0 aromatic heterocycles. The fraction of sp³-hybridized carbons (Fsp3) is 0.188. The second kappa shape index (κ2) is 6.80. The average molecular weight is 334 g/mol. The van der Waals surface area contributed by atoms with E-state index in [1.54, 1.807) is 0 Å². The van der Waals surface area contributed by atoms with Crippen LogP contribution in [0.4, 0.5) is 0 Å². The van der Waals surface area contributed by atoms with Crippen LogP contribution in [-0.2, 0) is 10.0 Å². The highest BCUT2D eigenvalue weighted by molar-refractivity contribution is 7.89. The average Bonchev–Trinajstić information content (AvgIpc) is 2.54. The number of methoxy groups -OCH3 is 1. The number of carbonyl (C=O) groups is 1. The first kappa shape index (κ1) is 17.0. The highest BCUT2D eigenvalue weighted by Gasteiger charge is 2.19. The minimum absolute atomic E-state index is 0.0974. The summed E-state index contributed by atoms with van der Waals surface area (Å²) in [6.07, 6.45) is 0. The fourth-order valence-electron chi connectivity index (χ4n) is 2.15. The van der Waals surface area contributed by atoms with Crippen molar-refractivity contribution in [2.24, 2.45) is 5.14 Å². The monoisotopic (exact) mass is 334 g/mol. The molecule has 0 saturated heterocycles. The summed E-state index contributed by atoms with van der Waals surface area (Å²) in [6, 6.07) is 13.3. The van der Waals surface area contributed by atoms with Crippen LogP contribution in [0.2, 0.25) is 0 Å². The molecule has 6 nitrogen and oxygen atoms in total. The number of nitrogens with two attached hydrogens (primary N) is 1. The maximum Gasteiger partial charge on any atom is 0.251 e. The lowest BCUT2D eigenvalue weighted by molar-refractivity contribution is 0.0939. The Morgan fingerprint density at radius 1 is 1.17 bits per heavy atom. The van der Waals surface area contributed by atoms with Gasteiger partial charge in [0.15, 0.2) is 0 Å². The first-order chi connectivity index (χ1) is 10.8. The standard InChI is InChI=1S/C16H18N2O4S/c1-11(12-6-4-3-5-7-12)18-16(19)13-8-9-14(22-2)15(10-13)23(17,20)21/h3-11H,1-2H3,(H,18,19)(H2,17,20,21)/t11-/m0/s1. The number of carbonyl (C=O) groups excluding carboxylic acids is 1. The Bertz CT molecular complexity index is 804. The number of primary sulfonamides is 1. The van der Waals surface area contributed by atoms with Crippen LogP contribution < -0.4 is 15.2 Å². The second-order valence-corrected chi connectivity index (χ2v) is 6.55. The number of benzene rings is 2. The van der Waals surface area contributed by atoms with Crippen molar-refractivity contribution in [3.63, 3.8) is 0 Å². The second-order valence-electron chi connectivity index (χ2n) is 5.02. The normalized spacial score (nSPS) is 12.5. The van der Waals surface area contributed by atoms with Gasteiger partial charge in [0.2, 0.25) is 10.0 Å². The third-order valence-electron chi connectivity index (χ3n) is 3.38. The zero-order chi connectivity index (χ0) is 17.0. The van der Waals surface area contributed by atoms with Gasteiger partial charge in [0, 0.05) is 5.56 Å². The van der Waals surface area contributed by atoms with Gasteiger partial charge in [-0.25, -0.2) is 13.6 Å². The highest BCUT2D eigenvalue weighted by atomic mass is 32.2. The molecule has 0 spiro atoms. The van der Waals surface area contributed by atoms with E-state index in [-0.39, 0.29) is 22.3 Å². The number of rotatable bonds is 5. The molecule has 0 unspecified atom stereocenters. The van der Waals surface area contributed by atoms with E-state index >= 15 is 0 Å². The first-order valence-electron chi connectivity index (χ1n) is 6.89. The fourth-order valence-corrected chi connectivity index (χ4v) is 2.87. The molecule has 1 atom stereocenters. The summed E-state index contributed by atoms with van der Waals surface area (Å²) in [7, 11) is -2.65. The van der Waals surface area contributed by atoms with Crippen molar-refractivity contribution >= 4 is 15.9 Å². The summed E-state index contributed by atoms with van der Waals surface area (Å²) < 4.78 is 28.2. The minimum Gasteiger partial charge on any atom is -0.495 e. The summed E-state index contributed by atoms with van der Waals surface area (Å²) in [4.78, 5) is 12.1. The lowest BCUT2D eigenvalue weighted by atomic mass is 10.1. The predicted molar refractivity (Wildman–Crippen MR) is 86.7 cm³/mol. The Kier molecular flexibility index (Phi) is 5.02. The summed E-state index contributed by atoms with van der Waals surface area (Å²) >= 11 is 0. The summed E-state index contributed by atoms with van der Waals surface area (Å²) in [5, 5.41) is 7.97. The molecular weight excluding hydrogens is 316 g/mol. The van der Waals surface area contributed by atoms with Crippen molar-refractivity contribution in [3.05, 3.63) is 59.7 Å². The molecule has 0 aliphatic carbocycles. The molecule has 2 rings (SSSR count). The Labute approximate surface area is 135 Å². The largest absolute Gasteiger partial charge is 0.495 e. The van der Waals surface area contributed by atoms with Crippen molar-refractivity contribution in [3.8, 4) is 5.75 Å². The van der Waals surface area contributed by atoms with Gasteiger partial charge in [-0.2, -0.15) is 0 Å². The number of nitrogens with one attached hydrogen (secondary N) is 1. The van der Waals surface area contributed by atoms with Crippen LogP contribution in [0.15, 0.2) is 53.4 Å². The number of sulfonamides is 1. The molecule has 122 valence electrons. The molecule has 23 heavy (non-hydrogen) atoms. The molecule has 0 saturated carbocycles. The maximum atomic E-state index is 12.3. The zero-order valence-corrected chi connectivity index (χ0v) is 13.6. The molecule has 2 aromatic rings. The summed E-state index contributed by atoms with van der Waals surface area (Å²) in [5.41, 5.74) is 1.14. The number of hydrogen-bond donors (Lipinski definition) is 2. The van der Waals surface area contributed by atoms with Gasteiger partial charge in [-0.15, -0.1) is 0 Å². The molecule has 0 bridgehead atoms. The van der Waals surface area contributed by atoms with E-state index in [1.165, 1.54) is 25.3 Å². The van der Waals surface area contributed by atoms with Gasteiger partial charge in [0.05, 0.1) is 13.2 Å². The van der Waals surface area contributed by atoms with Gasteiger partial charge in [0.25, 0.3) is 5.91 Å². The summed E-state index contributed by atoms with van der Waals surface area (Å²) in [6.45, 7) is 1.84. The first-order valence-corrected chi connectivity index (χ1v) is 8.44. The third kappa shape index (κ3) is 4.08. The van der Waals surface area contributed by atoms with Crippen LogP contribution in [-0.4, -0.2) is 21.4 Å². The highest BCUT2D eigenvalue weighted by Crippen LogP contribution is 2.24. The minimum atomic E-state index is -3.99. The number of amides is 1. The van der Waals surface area contributed by atoms with Crippen LogP contribution in [0.1, 0.15) is 28.9 Å². The Morgan fingerprint density at radius 2 is 1.83 bits per heavy atom. The van der Waals surface area contributed by atoms with Crippen LogP contribution in [0, 0.1) is 0 Å². The van der Waals surface area contributed by atoms with Gasteiger partial charge < -0.3 is 10.1 Å². The van der Waals surface area contributed by atoms with E-state index in [1.807, 2.05) is 37.3 Å². The molecule has 2 aromatic carbocycles. The Hall–Kier alpha value is -2.38. The van der Waals surface area contributed by atoms with Gasteiger partial charge in [0.1, 0.15) is 10.6 Å². The van der Waals surface area contributed by atoms with Crippen molar-refractivity contribution in [1.29, 1.82) is 0 Å². The van der Waals surface area contributed by atoms with Crippen LogP contribution in [0.3, 0.4) is 0 Å². The van der Waals surface area contributed by atoms with Gasteiger partial charge >= 0.3 is 0 Å². The SMILES string of the molecule is COc1ccc(C(=O)N[C@@H](C)c2ccccc2)cc1S(N)(=O)=O. The maximum absolute atomic E-state index is 12.3. The molecule has 0 aliphatic rings. The molecule has 0 heterocycles. The number of hydrogen-bond acceptors (Lipinski definition) is 4. The quantitative estimate of drug-likeness (QED) is 0.871. The number of ether oxygens (including phenoxy) is 1. The Balaban J connectivity index is 2.26. The predicted octanol–water partition coefficient (Wildman–Crippen LogP) is 1.83. The van der Waals surface area contributed by atoms with Crippen molar-refractivity contribution in [1.82, 2.24) is 5.32 Å². The molecule has 0 fully saturated rings. The van der Waals surface area contributed by atoms with E-state index in [4.69, 9.17) is 9.88 Å². The topological polar surface area (TPSA) is 98.5 Å². The van der Waals surface area contributed by atoms with Crippen LogP contribution in [0.25, 0.3) is 0 Å². The van der Waals surface area contributed by atoms with Crippen molar-refractivity contribution in [2.75, 3.05) is 7.11 Å². The van der Waals surface area contributed by atoms with Crippen LogP contribution >= 0.6 is 0 Å². The van der Waals surface area contributed by atoms with Crippen molar-refractivity contribution in [2.45, 2.75) is 17.9 Å². The molecule has 0 aliphatic heterocycles. The molecule has 0 radical (unpaired) electrons. The van der Waals surface area contributed by atoms with E-state index in [2.05, 4.69) is 5.32 Å². The molecular formula is C16H18N2O4S. The Morgan fingerprint density at radius 3 is 2.39 bits per heavy atom. The van der Waals surface area contributed by atoms with Crippen molar-refractivity contribution < 1.29 is 17.9 Å². The third-order valence-corrected chi connectivity index (χ3v) is 4.31. The zero-order valence-electron chi connectivity index (χ0n) is 12.8. The van der Waals surface area contributed by atoms with E-state index in [0.29, 0.717) is 0 Å². The van der Waals surface area contributed by atoms with Gasteiger partial charge in [-0.3, -0.25) is 4.79 Å². The molecule has 1 amide bonds. The van der Waals surface area contributed by atoms with Crippen LogP contribution in [0.5, 0.6) is 5.75 Å². The smallest absolute Gasteiger partial charge is 0.251 e. The lowest BCUT2D eigenvalue weighted by Gasteiger charge is -2.15. The lowest BCUT2D eigenvalue weighted by Crippen LogP contribution is -2.27. The van der Waals surface area contributed by atoms with E-state index in [0.717, 1.165) is 5.56 Å². The van der Waals surface area contributed by atoms with E-state index < -0.39 is 15.9 Å².